The Morgan fingerprint density at radius 2 is 2.22 bits per heavy atom. The lowest BCUT2D eigenvalue weighted by Gasteiger charge is -2.06. The normalized spacial score (nSPS) is 11.7. The molecule has 10 heteroatoms. The Kier molecular flexibility index (Phi) is 9.45. The Morgan fingerprint density at radius 3 is 2.87 bits per heavy atom. The molecular formula is C13H19BrN5O4+. The second-order valence-electron chi connectivity index (χ2n) is 4.36. The summed E-state index contributed by atoms with van der Waals surface area (Å²) in [7, 11) is 0. The van der Waals surface area contributed by atoms with Crippen LogP contribution in [-0.4, -0.2) is 50.7 Å². The summed E-state index contributed by atoms with van der Waals surface area (Å²) in [6.45, 7) is 3.07. The van der Waals surface area contributed by atoms with E-state index < -0.39 is 0 Å². The number of nitroso groups, excluding NO2 is 1. The summed E-state index contributed by atoms with van der Waals surface area (Å²) in [5, 5.41) is 10.6. The number of tetrazole rings is 1. The number of carbonyl (C=O) groups is 1. The smallest absolute Gasteiger partial charge is 0.309 e. The van der Waals surface area contributed by atoms with Crippen LogP contribution in [0.3, 0.4) is 0 Å². The van der Waals surface area contributed by atoms with Gasteiger partial charge < -0.3 is 9.47 Å². The summed E-state index contributed by atoms with van der Waals surface area (Å²) in [5.74, 6) is 0.0656. The van der Waals surface area contributed by atoms with E-state index in [0.717, 1.165) is 11.2 Å². The first-order valence-electron chi connectivity index (χ1n) is 7.07. The fourth-order valence-corrected chi connectivity index (χ4v) is 1.71. The second kappa shape index (κ2) is 11.5. The van der Waals surface area contributed by atoms with E-state index in [1.54, 1.807) is 0 Å². The summed E-state index contributed by atoms with van der Waals surface area (Å²) in [5.41, 5.74) is 0. The van der Waals surface area contributed by atoms with Gasteiger partial charge in [0.05, 0.1) is 19.6 Å². The zero-order chi connectivity index (χ0) is 16.9. The van der Waals surface area contributed by atoms with Crippen LogP contribution in [0.15, 0.2) is 29.3 Å². The molecule has 0 saturated carbocycles. The molecule has 0 aromatic carbocycles. The fraction of sp³-hybridized carbons (Fsp3) is 0.538. The van der Waals surface area contributed by atoms with Crippen molar-refractivity contribution in [3.63, 3.8) is 0 Å². The lowest BCUT2D eigenvalue weighted by molar-refractivity contribution is -0.479. The molecule has 0 atom stereocenters. The van der Waals surface area contributed by atoms with Gasteiger partial charge in [0.25, 0.3) is 0 Å². The molecule has 0 amide bonds. The lowest BCUT2D eigenvalue weighted by Crippen LogP contribution is -2.13. The molecule has 9 nitrogen and oxygen atoms in total. The van der Waals surface area contributed by atoms with Crippen LogP contribution in [0.4, 0.5) is 0 Å². The van der Waals surface area contributed by atoms with Crippen LogP contribution in [0.2, 0.25) is 0 Å². The zero-order valence-corrected chi connectivity index (χ0v) is 14.4. The molecule has 1 aromatic rings. The van der Waals surface area contributed by atoms with Gasteiger partial charge in [0, 0.05) is 27.1 Å². The average molecular weight is 389 g/mol. The summed E-state index contributed by atoms with van der Waals surface area (Å²) >= 11 is 3.14. The van der Waals surface area contributed by atoms with Gasteiger partial charge in [-0.05, 0) is 10.4 Å². The number of nitrogens with zero attached hydrogens (tertiary/aromatic N) is 5. The molecule has 126 valence electrons. The van der Waals surface area contributed by atoms with Gasteiger partial charge in [0.2, 0.25) is 6.20 Å². The Hall–Kier alpha value is -2.10. The third-order valence-electron chi connectivity index (χ3n) is 2.51. The van der Waals surface area contributed by atoms with Crippen LogP contribution >= 0.6 is 15.9 Å². The number of hydrogen-bond acceptors (Lipinski definition) is 7. The van der Waals surface area contributed by atoms with Crippen molar-refractivity contribution in [3.8, 4) is 0 Å². The van der Waals surface area contributed by atoms with Crippen molar-refractivity contribution in [2.45, 2.75) is 26.3 Å². The van der Waals surface area contributed by atoms with Crippen molar-refractivity contribution in [1.29, 1.82) is 0 Å². The Labute approximate surface area is 142 Å². The molecular weight excluding hydrogens is 370 g/mol. The van der Waals surface area contributed by atoms with E-state index in [-0.39, 0.29) is 25.6 Å². The first-order chi connectivity index (χ1) is 11.2. The van der Waals surface area contributed by atoms with Gasteiger partial charge in [-0.3, -0.25) is 4.79 Å². The van der Waals surface area contributed by atoms with Crippen molar-refractivity contribution in [3.05, 3.63) is 34.3 Å². The molecule has 0 aliphatic rings. The van der Waals surface area contributed by atoms with Crippen LogP contribution in [0, 0.1) is 4.91 Å². The summed E-state index contributed by atoms with van der Waals surface area (Å²) in [6.07, 6.45) is 5.21. The SMILES string of the molecule is CCC[N+](=O)/C=C\C(=C/Br)OCCC(=O)OCCn1cnnn1. The molecule has 0 aliphatic heterocycles. The van der Waals surface area contributed by atoms with E-state index in [2.05, 4.69) is 31.5 Å². The van der Waals surface area contributed by atoms with E-state index in [4.69, 9.17) is 9.47 Å². The van der Waals surface area contributed by atoms with Crippen LogP contribution < -0.4 is 0 Å². The molecule has 0 unspecified atom stereocenters. The third kappa shape index (κ3) is 8.81. The van der Waals surface area contributed by atoms with E-state index in [0.29, 0.717) is 18.8 Å². The van der Waals surface area contributed by atoms with Crippen molar-refractivity contribution >= 4 is 21.9 Å². The minimum absolute atomic E-state index is 0.101. The number of rotatable bonds is 11. The first kappa shape index (κ1) is 18.9. The quantitative estimate of drug-likeness (QED) is 0.245. The van der Waals surface area contributed by atoms with Crippen molar-refractivity contribution < 1.29 is 19.0 Å². The summed E-state index contributed by atoms with van der Waals surface area (Å²) in [6, 6.07) is 0. The summed E-state index contributed by atoms with van der Waals surface area (Å²) < 4.78 is 12.7. The van der Waals surface area contributed by atoms with Crippen molar-refractivity contribution in [2.24, 2.45) is 0 Å². The van der Waals surface area contributed by atoms with Gasteiger partial charge in [0.15, 0.2) is 6.54 Å². The van der Waals surface area contributed by atoms with E-state index >= 15 is 0 Å². The van der Waals surface area contributed by atoms with Crippen molar-refractivity contribution in [1.82, 2.24) is 20.2 Å². The van der Waals surface area contributed by atoms with Gasteiger partial charge in [0.1, 0.15) is 18.7 Å². The average Bonchev–Trinajstić information content (AvgIpc) is 3.04. The Morgan fingerprint density at radius 1 is 1.39 bits per heavy atom. The molecule has 0 saturated heterocycles. The fourth-order valence-electron chi connectivity index (χ4n) is 1.43. The highest BCUT2D eigenvalue weighted by Crippen LogP contribution is 2.05. The van der Waals surface area contributed by atoms with Gasteiger partial charge >= 0.3 is 5.97 Å². The highest BCUT2D eigenvalue weighted by atomic mass is 79.9. The lowest BCUT2D eigenvalue weighted by atomic mass is 10.4. The minimum Gasteiger partial charge on any atom is -0.492 e. The monoisotopic (exact) mass is 388 g/mol. The van der Waals surface area contributed by atoms with E-state index in [9.17, 15) is 9.70 Å². The molecule has 0 bridgehead atoms. The zero-order valence-electron chi connectivity index (χ0n) is 12.8. The van der Waals surface area contributed by atoms with Crippen LogP contribution in [0.5, 0.6) is 0 Å². The Balaban J connectivity index is 2.18. The highest BCUT2D eigenvalue weighted by Gasteiger charge is 2.06. The van der Waals surface area contributed by atoms with Gasteiger partial charge in [-0.2, -0.15) is 0 Å². The second-order valence-corrected chi connectivity index (χ2v) is 4.82. The predicted molar refractivity (Wildman–Crippen MR) is 84.3 cm³/mol. The van der Waals surface area contributed by atoms with Crippen LogP contribution in [0.25, 0.3) is 0 Å². The van der Waals surface area contributed by atoms with Crippen molar-refractivity contribution in [2.75, 3.05) is 19.8 Å². The maximum atomic E-state index is 11.5. The number of hydrogen-bond donors (Lipinski definition) is 0. The molecule has 1 aromatic heterocycles. The molecule has 1 heterocycles. The molecule has 1 rings (SSSR count). The maximum Gasteiger partial charge on any atom is 0.309 e. The van der Waals surface area contributed by atoms with E-state index in [1.165, 1.54) is 28.3 Å². The molecule has 0 radical (unpaired) electrons. The third-order valence-corrected chi connectivity index (χ3v) is 2.96. The topological polar surface area (TPSA) is 99.2 Å². The van der Waals surface area contributed by atoms with Gasteiger partial charge in [-0.25, -0.2) is 4.68 Å². The number of ether oxygens (including phenoxy) is 2. The van der Waals surface area contributed by atoms with Gasteiger partial charge in [-0.15, -0.1) is 5.10 Å². The molecule has 0 spiro atoms. The number of aromatic nitrogens is 4. The number of allylic oxidation sites excluding steroid dienone is 1. The number of esters is 1. The van der Waals surface area contributed by atoms with Gasteiger partial charge in [-0.1, -0.05) is 22.9 Å². The van der Waals surface area contributed by atoms with E-state index in [1.807, 2.05) is 6.92 Å². The highest BCUT2D eigenvalue weighted by molar-refractivity contribution is 9.11. The predicted octanol–water partition coefficient (Wildman–Crippen LogP) is 1.56. The molecule has 0 aliphatic carbocycles. The first-order valence-corrected chi connectivity index (χ1v) is 7.98. The van der Waals surface area contributed by atoms with Crippen LogP contribution in [-0.2, 0) is 20.8 Å². The standard InChI is InChI=1S/C13H19BrN5O4/c1-2-5-19(21)6-3-12(10-14)22-8-4-13(20)23-9-7-18-11-15-16-17-18/h3,6,10-11H,2,4-5,7-9H2,1H3/q+1/b6-3-,12-10+. The Bertz CT molecular complexity index is 545. The number of halogens is 1. The number of carbonyl (C=O) groups excluding carboxylic acids is 1. The molecule has 23 heavy (non-hydrogen) atoms. The summed E-state index contributed by atoms with van der Waals surface area (Å²) in [4.78, 5) is 24.4. The largest absolute Gasteiger partial charge is 0.492 e. The maximum absolute atomic E-state index is 11.5. The van der Waals surface area contributed by atoms with Crippen LogP contribution in [0.1, 0.15) is 19.8 Å². The minimum atomic E-state index is -0.382. The molecule has 0 fully saturated rings. The molecule has 0 N–H and O–H groups in total.